The van der Waals surface area contributed by atoms with Gasteiger partial charge in [0, 0.05) is 27.2 Å². The van der Waals surface area contributed by atoms with E-state index in [2.05, 4.69) is 123 Å². The molecule has 0 saturated heterocycles. The van der Waals surface area contributed by atoms with Crippen molar-refractivity contribution in [2.75, 3.05) is 0 Å². The van der Waals surface area contributed by atoms with E-state index in [1.165, 1.54) is 33.2 Å². The third kappa shape index (κ3) is 2.81. The zero-order valence-electron chi connectivity index (χ0n) is 23.5. The largest absolute Gasteiger partial charge is 0.308 e. The molecule has 6 aromatic rings. The van der Waals surface area contributed by atoms with E-state index in [1.54, 1.807) is 6.07 Å². The van der Waals surface area contributed by atoms with Crippen LogP contribution in [0.2, 0.25) is 0 Å². The predicted octanol–water partition coefficient (Wildman–Crippen LogP) is 9.14. The fourth-order valence-corrected chi connectivity index (χ4v) is 7.75. The number of fused-ring (bicyclic) bond motifs is 9. The van der Waals surface area contributed by atoms with Crippen LogP contribution in [0.25, 0.3) is 49.7 Å². The highest BCUT2D eigenvalue weighted by atomic mass is 15.0. The molecule has 1 aromatic heterocycles. The highest BCUT2D eigenvalue weighted by Gasteiger charge is 2.42. The molecule has 0 unspecified atom stereocenters. The lowest BCUT2D eigenvalue weighted by Gasteiger charge is -2.27. The molecule has 2 aliphatic rings. The molecule has 2 aliphatic carbocycles. The molecular weight excluding hydrogens is 498 g/mol. The Bertz CT molecular complexity index is 2230. The van der Waals surface area contributed by atoms with Crippen molar-refractivity contribution >= 4 is 21.8 Å². The van der Waals surface area contributed by atoms with Crippen molar-refractivity contribution in [1.82, 2.24) is 4.57 Å². The van der Waals surface area contributed by atoms with Crippen molar-refractivity contribution in [2.24, 2.45) is 0 Å². The lowest BCUT2D eigenvalue weighted by molar-refractivity contribution is 0.655. The van der Waals surface area contributed by atoms with Crippen molar-refractivity contribution in [3.63, 3.8) is 0 Å². The van der Waals surface area contributed by atoms with E-state index in [-0.39, 0.29) is 5.41 Å². The molecule has 0 amide bonds. The zero-order chi connectivity index (χ0) is 28.3. The number of aromatic nitrogens is 1. The van der Waals surface area contributed by atoms with E-state index in [4.69, 9.17) is 0 Å². The normalized spacial score (nSPS) is 15.2. The second-order valence-electron chi connectivity index (χ2n) is 12.4. The Morgan fingerprint density at radius 2 is 1.20 bits per heavy atom. The average molecular weight is 526 g/mol. The van der Waals surface area contributed by atoms with Gasteiger partial charge in [0.25, 0.3) is 0 Å². The second-order valence-corrected chi connectivity index (χ2v) is 12.4. The molecular formula is C38H27N3. The van der Waals surface area contributed by atoms with Crippen LogP contribution in [0.4, 0.5) is 0 Å². The van der Waals surface area contributed by atoms with Crippen molar-refractivity contribution in [1.29, 1.82) is 10.5 Å². The van der Waals surface area contributed by atoms with Crippen LogP contribution in [0.1, 0.15) is 61.1 Å². The first kappa shape index (κ1) is 23.7. The van der Waals surface area contributed by atoms with Crippen molar-refractivity contribution in [2.45, 2.75) is 38.5 Å². The molecule has 3 heteroatoms. The monoisotopic (exact) mass is 525 g/mol. The summed E-state index contributed by atoms with van der Waals surface area (Å²) in [6, 6.07) is 37.0. The maximum absolute atomic E-state index is 10.6. The van der Waals surface area contributed by atoms with Gasteiger partial charge in [0.1, 0.15) is 6.07 Å². The van der Waals surface area contributed by atoms with Crippen LogP contribution in [0.3, 0.4) is 0 Å². The number of benzene rings is 5. The highest BCUT2D eigenvalue weighted by Crippen LogP contribution is 2.55. The minimum absolute atomic E-state index is 0.151. The van der Waals surface area contributed by atoms with Gasteiger partial charge in [-0.15, -0.1) is 0 Å². The van der Waals surface area contributed by atoms with E-state index in [0.29, 0.717) is 11.1 Å². The molecule has 5 aromatic carbocycles. The Balaban J connectivity index is 1.57. The summed E-state index contributed by atoms with van der Waals surface area (Å²) in [6.07, 6.45) is 0. The third-order valence-electron chi connectivity index (χ3n) is 9.63. The van der Waals surface area contributed by atoms with Gasteiger partial charge in [-0.2, -0.15) is 10.5 Å². The average Bonchev–Trinajstić information content (AvgIpc) is 3.53. The van der Waals surface area contributed by atoms with E-state index in [1.807, 2.05) is 6.07 Å². The van der Waals surface area contributed by atoms with Gasteiger partial charge in [-0.3, -0.25) is 0 Å². The molecule has 0 radical (unpaired) electrons. The lowest BCUT2D eigenvalue weighted by Crippen LogP contribution is -2.19. The van der Waals surface area contributed by atoms with Crippen LogP contribution < -0.4 is 0 Å². The van der Waals surface area contributed by atoms with Gasteiger partial charge < -0.3 is 4.57 Å². The molecule has 0 bridgehead atoms. The maximum atomic E-state index is 10.6. The molecule has 0 atom stereocenters. The summed E-state index contributed by atoms with van der Waals surface area (Å²) in [5.41, 5.74) is 13.0. The summed E-state index contributed by atoms with van der Waals surface area (Å²) in [5.74, 6) is 0. The van der Waals surface area contributed by atoms with Crippen LogP contribution in [0.5, 0.6) is 0 Å². The number of hydrogen-bond donors (Lipinski definition) is 0. The summed E-state index contributed by atoms with van der Waals surface area (Å²) in [4.78, 5) is 0. The Labute approximate surface area is 239 Å². The summed E-state index contributed by atoms with van der Waals surface area (Å²) in [7, 11) is 0. The minimum atomic E-state index is -0.399. The fourth-order valence-electron chi connectivity index (χ4n) is 7.75. The van der Waals surface area contributed by atoms with Crippen molar-refractivity contribution in [3.05, 3.63) is 124 Å². The van der Waals surface area contributed by atoms with E-state index >= 15 is 0 Å². The summed E-state index contributed by atoms with van der Waals surface area (Å²) < 4.78 is 2.30. The molecule has 8 rings (SSSR count). The molecule has 0 aliphatic heterocycles. The Morgan fingerprint density at radius 3 is 1.93 bits per heavy atom. The lowest BCUT2D eigenvalue weighted by atomic mass is 9.80. The van der Waals surface area contributed by atoms with Crippen LogP contribution in [0, 0.1) is 22.7 Å². The topological polar surface area (TPSA) is 52.5 Å². The first-order valence-corrected chi connectivity index (χ1v) is 14.1. The fraction of sp³-hybridized carbons (Fsp3) is 0.158. The SMILES string of the molecule is CC1(C)c2ccccc2-c2cc3c4ccccc4n(-c4c(C#N)cc(C#N)c5c4C(C)(C)c4ccccc4-5)c3cc21. The second kappa shape index (κ2) is 7.75. The minimum Gasteiger partial charge on any atom is -0.308 e. The van der Waals surface area contributed by atoms with Gasteiger partial charge in [0.2, 0.25) is 0 Å². The first-order chi connectivity index (χ1) is 19.8. The van der Waals surface area contributed by atoms with Crippen molar-refractivity contribution in [3.8, 4) is 40.1 Å². The number of para-hydroxylation sites is 1. The molecule has 1 heterocycles. The Morgan fingerprint density at radius 1 is 0.561 bits per heavy atom. The summed E-state index contributed by atoms with van der Waals surface area (Å²) in [6.45, 7) is 9.04. The predicted molar refractivity (Wildman–Crippen MR) is 165 cm³/mol. The Hall–Kier alpha value is -5.12. The number of nitrogens with zero attached hydrogens (tertiary/aromatic N) is 3. The van der Waals surface area contributed by atoms with Gasteiger partial charge in [0.15, 0.2) is 0 Å². The van der Waals surface area contributed by atoms with Gasteiger partial charge >= 0.3 is 0 Å². The molecule has 0 saturated carbocycles. The Kier molecular flexibility index (Phi) is 4.49. The van der Waals surface area contributed by atoms with Gasteiger partial charge in [-0.05, 0) is 63.2 Å². The quantitative estimate of drug-likeness (QED) is 0.215. The number of hydrogen-bond acceptors (Lipinski definition) is 2. The molecule has 41 heavy (non-hydrogen) atoms. The molecule has 0 spiro atoms. The molecule has 3 nitrogen and oxygen atoms in total. The highest BCUT2D eigenvalue weighted by molar-refractivity contribution is 6.12. The van der Waals surface area contributed by atoms with Crippen molar-refractivity contribution < 1.29 is 0 Å². The zero-order valence-corrected chi connectivity index (χ0v) is 23.5. The third-order valence-corrected chi connectivity index (χ3v) is 9.63. The maximum Gasteiger partial charge on any atom is 0.101 e. The van der Waals surface area contributed by atoms with Crippen LogP contribution in [-0.2, 0) is 10.8 Å². The summed E-state index contributed by atoms with van der Waals surface area (Å²) in [5, 5.41) is 23.2. The van der Waals surface area contributed by atoms with E-state index in [9.17, 15) is 10.5 Å². The molecule has 0 fully saturated rings. The van der Waals surface area contributed by atoms with Gasteiger partial charge in [-0.1, -0.05) is 94.4 Å². The van der Waals surface area contributed by atoms with E-state index in [0.717, 1.165) is 38.8 Å². The number of nitriles is 2. The van der Waals surface area contributed by atoms with Gasteiger partial charge in [0.05, 0.1) is 33.9 Å². The molecule has 194 valence electrons. The first-order valence-electron chi connectivity index (χ1n) is 14.1. The smallest absolute Gasteiger partial charge is 0.101 e. The van der Waals surface area contributed by atoms with Crippen LogP contribution in [0.15, 0.2) is 91.0 Å². The van der Waals surface area contributed by atoms with Crippen LogP contribution >= 0.6 is 0 Å². The summed E-state index contributed by atoms with van der Waals surface area (Å²) >= 11 is 0. The van der Waals surface area contributed by atoms with Gasteiger partial charge in [-0.25, -0.2) is 0 Å². The standard InChI is InChI=1S/C38H27N3/c1-37(2)29-14-8-5-11-24(29)27-18-28-25-12-7-10-16-32(25)41(33(28)19-31(27)37)36-23(21-40)17-22(20-39)34-26-13-6-9-15-30(26)38(3,4)35(34)36/h5-19H,1-4H3. The number of rotatable bonds is 1. The van der Waals surface area contributed by atoms with E-state index < -0.39 is 5.41 Å². The molecule has 0 N–H and O–H groups in total. The van der Waals surface area contributed by atoms with Crippen LogP contribution in [-0.4, -0.2) is 4.57 Å².